The highest BCUT2D eigenvalue weighted by molar-refractivity contribution is 7.80. The van der Waals surface area contributed by atoms with Gasteiger partial charge in [-0.05, 0) is 29.8 Å². The van der Waals surface area contributed by atoms with E-state index in [4.69, 9.17) is 29.6 Å². The molecule has 5 heteroatoms. The number of benzene rings is 2. The molecule has 2 nitrogen and oxygen atoms in total. The first-order valence-electron chi connectivity index (χ1n) is 6.03. The van der Waals surface area contributed by atoms with Gasteiger partial charge in [0, 0.05) is 19.3 Å². The zero-order valence-corrected chi connectivity index (χ0v) is 12.5. The predicted octanol–water partition coefficient (Wildman–Crippen LogP) is 3.75. The molecule has 2 N–H and O–H groups in total. The summed E-state index contributed by atoms with van der Waals surface area (Å²) in [5.41, 5.74) is 8.06. The fraction of sp³-hybridized carbons (Fsp3) is 0.133. The average Bonchev–Trinajstić information content (AvgIpc) is 2.37. The second kappa shape index (κ2) is 6.20. The maximum atomic E-state index is 13.2. The number of nitrogens with zero attached hydrogens (tertiary/aromatic N) is 1. The van der Waals surface area contributed by atoms with Crippen molar-refractivity contribution >= 4 is 34.5 Å². The van der Waals surface area contributed by atoms with Crippen LogP contribution in [0.1, 0.15) is 11.1 Å². The molecule has 20 heavy (non-hydrogen) atoms. The third-order valence-corrected chi connectivity index (χ3v) is 3.48. The van der Waals surface area contributed by atoms with Crippen LogP contribution in [0, 0.1) is 5.82 Å². The van der Waals surface area contributed by atoms with Gasteiger partial charge in [0.1, 0.15) is 10.8 Å². The van der Waals surface area contributed by atoms with Crippen LogP contribution >= 0.6 is 23.8 Å². The Balaban J connectivity index is 2.32. The van der Waals surface area contributed by atoms with E-state index in [1.165, 1.54) is 12.1 Å². The van der Waals surface area contributed by atoms with Gasteiger partial charge < -0.3 is 10.6 Å². The summed E-state index contributed by atoms with van der Waals surface area (Å²) in [4.78, 5) is 2.19. The Morgan fingerprint density at radius 1 is 1.30 bits per heavy atom. The molecule has 0 atom stereocenters. The number of hydrogen-bond acceptors (Lipinski definition) is 2. The van der Waals surface area contributed by atoms with Gasteiger partial charge >= 0.3 is 0 Å². The van der Waals surface area contributed by atoms with Crippen molar-refractivity contribution in [3.63, 3.8) is 0 Å². The van der Waals surface area contributed by atoms with E-state index >= 15 is 0 Å². The van der Waals surface area contributed by atoms with Crippen LogP contribution in [0.25, 0.3) is 0 Å². The number of hydrogen-bond donors (Lipinski definition) is 1. The lowest BCUT2D eigenvalue weighted by atomic mass is 10.1. The summed E-state index contributed by atoms with van der Waals surface area (Å²) in [5.74, 6) is -0.253. The maximum absolute atomic E-state index is 13.2. The van der Waals surface area contributed by atoms with Crippen LogP contribution in [0.15, 0.2) is 42.5 Å². The van der Waals surface area contributed by atoms with Crippen molar-refractivity contribution in [1.82, 2.24) is 0 Å². The molecule has 0 aromatic heterocycles. The molecule has 0 amide bonds. The Morgan fingerprint density at radius 2 is 2.00 bits per heavy atom. The van der Waals surface area contributed by atoms with Gasteiger partial charge in [-0.3, -0.25) is 0 Å². The van der Waals surface area contributed by atoms with Crippen molar-refractivity contribution in [2.45, 2.75) is 6.54 Å². The molecule has 0 heterocycles. The smallest absolute Gasteiger partial charge is 0.123 e. The first kappa shape index (κ1) is 14.8. The molecule has 2 rings (SSSR count). The quantitative estimate of drug-likeness (QED) is 0.872. The molecule has 0 bridgehead atoms. The van der Waals surface area contributed by atoms with Gasteiger partial charge in [-0.2, -0.15) is 0 Å². The van der Waals surface area contributed by atoms with Gasteiger partial charge in [-0.1, -0.05) is 42.0 Å². The van der Waals surface area contributed by atoms with Gasteiger partial charge in [0.05, 0.1) is 10.6 Å². The van der Waals surface area contributed by atoms with Crippen LogP contribution in [0.4, 0.5) is 10.1 Å². The van der Waals surface area contributed by atoms with Crippen molar-refractivity contribution in [3.05, 3.63) is 64.4 Å². The average molecular weight is 309 g/mol. The molecular weight excluding hydrogens is 295 g/mol. The standard InChI is InChI=1S/C15H14ClFN2S/c1-19(9-10-4-2-5-11(17)8-10)13-7-3-6-12(16)14(13)15(18)20/h2-8H,9H2,1H3,(H2,18,20). The zero-order chi connectivity index (χ0) is 14.7. The van der Waals surface area contributed by atoms with Crippen LogP contribution in [0.3, 0.4) is 0 Å². The van der Waals surface area contributed by atoms with Crippen molar-refractivity contribution in [2.24, 2.45) is 5.73 Å². The highest BCUT2D eigenvalue weighted by atomic mass is 35.5. The number of anilines is 1. The predicted molar refractivity (Wildman–Crippen MR) is 85.8 cm³/mol. The van der Waals surface area contributed by atoms with Gasteiger partial charge in [0.15, 0.2) is 0 Å². The molecule has 0 fully saturated rings. The Kier molecular flexibility index (Phi) is 4.57. The Bertz CT molecular complexity index is 646. The van der Waals surface area contributed by atoms with Gasteiger partial charge in [0.25, 0.3) is 0 Å². The van der Waals surface area contributed by atoms with Crippen molar-refractivity contribution < 1.29 is 4.39 Å². The molecule has 0 aliphatic heterocycles. The number of rotatable bonds is 4. The van der Waals surface area contributed by atoms with Crippen molar-refractivity contribution in [1.29, 1.82) is 0 Å². The molecule has 0 saturated heterocycles. The molecule has 0 unspecified atom stereocenters. The highest BCUT2D eigenvalue weighted by Gasteiger charge is 2.13. The van der Waals surface area contributed by atoms with Crippen molar-refractivity contribution in [2.75, 3.05) is 11.9 Å². The maximum Gasteiger partial charge on any atom is 0.123 e. The minimum Gasteiger partial charge on any atom is -0.389 e. The number of nitrogens with two attached hydrogens (primary N) is 1. The van der Waals surface area contributed by atoms with E-state index in [-0.39, 0.29) is 10.8 Å². The third-order valence-electron chi connectivity index (χ3n) is 2.96. The molecular formula is C15H14ClFN2S. The fourth-order valence-corrected chi connectivity index (χ4v) is 2.61. The molecule has 2 aromatic carbocycles. The first-order valence-corrected chi connectivity index (χ1v) is 6.81. The molecule has 104 valence electrons. The summed E-state index contributed by atoms with van der Waals surface area (Å²) >= 11 is 11.2. The minimum absolute atomic E-state index is 0.247. The monoisotopic (exact) mass is 308 g/mol. The molecule has 0 spiro atoms. The first-order chi connectivity index (χ1) is 9.49. The summed E-state index contributed by atoms with van der Waals surface area (Å²) in [6.07, 6.45) is 0. The van der Waals surface area contributed by atoms with E-state index < -0.39 is 0 Å². The summed E-state index contributed by atoms with van der Waals surface area (Å²) in [7, 11) is 1.89. The van der Waals surface area contributed by atoms with E-state index in [9.17, 15) is 4.39 Å². The fourth-order valence-electron chi connectivity index (χ4n) is 2.07. The number of thiocarbonyl (C=S) groups is 1. The Hall–Kier alpha value is -1.65. The van der Waals surface area contributed by atoms with E-state index in [0.29, 0.717) is 17.1 Å². The Morgan fingerprint density at radius 3 is 2.65 bits per heavy atom. The molecule has 0 radical (unpaired) electrons. The van der Waals surface area contributed by atoms with Crippen molar-refractivity contribution in [3.8, 4) is 0 Å². The molecule has 2 aromatic rings. The lowest BCUT2D eigenvalue weighted by molar-refractivity contribution is 0.625. The zero-order valence-electron chi connectivity index (χ0n) is 10.9. The molecule has 0 aliphatic carbocycles. The summed E-state index contributed by atoms with van der Waals surface area (Å²) in [6, 6.07) is 11.9. The van der Waals surface area contributed by atoms with Gasteiger partial charge in [0.2, 0.25) is 0 Å². The molecule has 0 aliphatic rings. The number of halogens is 2. The van der Waals surface area contributed by atoms with Crippen LogP contribution in [0.5, 0.6) is 0 Å². The second-order valence-corrected chi connectivity index (χ2v) is 5.33. The normalized spacial score (nSPS) is 10.3. The summed E-state index contributed by atoms with van der Waals surface area (Å²) < 4.78 is 13.2. The third kappa shape index (κ3) is 3.26. The van der Waals surface area contributed by atoms with Gasteiger partial charge in [-0.25, -0.2) is 4.39 Å². The van der Waals surface area contributed by atoms with E-state index in [2.05, 4.69) is 0 Å². The SMILES string of the molecule is CN(Cc1cccc(F)c1)c1cccc(Cl)c1C(N)=S. The lowest BCUT2D eigenvalue weighted by Crippen LogP contribution is -2.22. The van der Waals surface area contributed by atoms with Crippen LogP contribution in [-0.4, -0.2) is 12.0 Å². The second-order valence-electron chi connectivity index (χ2n) is 4.48. The van der Waals surface area contributed by atoms with Crippen LogP contribution in [0.2, 0.25) is 5.02 Å². The van der Waals surface area contributed by atoms with E-state index in [1.54, 1.807) is 12.1 Å². The largest absolute Gasteiger partial charge is 0.389 e. The topological polar surface area (TPSA) is 29.3 Å². The van der Waals surface area contributed by atoms with Crippen LogP contribution in [-0.2, 0) is 6.54 Å². The Labute approximate surface area is 128 Å². The summed E-state index contributed by atoms with van der Waals surface area (Å²) in [5, 5.41) is 0.515. The van der Waals surface area contributed by atoms with Gasteiger partial charge in [-0.15, -0.1) is 0 Å². The van der Waals surface area contributed by atoms with E-state index in [0.717, 1.165) is 11.3 Å². The molecule has 0 saturated carbocycles. The summed E-state index contributed by atoms with van der Waals surface area (Å²) in [6.45, 7) is 0.535. The lowest BCUT2D eigenvalue weighted by Gasteiger charge is -2.23. The van der Waals surface area contributed by atoms with Crippen LogP contribution < -0.4 is 10.6 Å². The highest BCUT2D eigenvalue weighted by Crippen LogP contribution is 2.27. The van der Waals surface area contributed by atoms with E-state index in [1.807, 2.05) is 30.1 Å². The minimum atomic E-state index is -0.253.